The van der Waals surface area contributed by atoms with Gasteiger partial charge in [0.25, 0.3) is 0 Å². The Morgan fingerprint density at radius 2 is 2.00 bits per heavy atom. The highest BCUT2D eigenvalue weighted by molar-refractivity contribution is 4.95. The van der Waals surface area contributed by atoms with E-state index < -0.39 is 0 Å². The Balaban J connectivity index is 1.94. The minimum atomic E-state index is 0.464. The van der Waals surface area contributed by atoms with E-state index in [9.17, 15) is 0 Å². The van der Waals surface area contributed by atoms with Crippen molar-refractivity contribution in [3.8, 4) is 0 Å². The largest absolute Gasteiger partial charge is 0.380 e. The number of hydrogen-bond donors (Lipinski definition) is 1. The zero-order valence-corrected chi connectivity index (χ0v) is 10.1. The van der Waals surface area contributed by atoms with Gasteiger partial charge in [0, 0.05) is 37.6 Å². The Labute approximate surface area is 93.2 Å². The lowest BCUT2D eigenvalue weighted by Crippen LogP contribution is -2.60. The molecule has 2 aliphatic rings. The van der Waals surface area contributed by atoms with Crippen LogP contribution >= 0.6 is 0 Å². The van der Waals surface area contributed by atoms with E-state index in [4.69, 9.17) is 4.74 Å². The van der Waals surface area contributed by atoms with Crippen LogP contribution in [0.25, 0.3) is 0 Å². The van der Waals surface area contributed by atoms with Crippen molar-refractivity contribution in [1.82, 2.24) is 10.2 Å². The molecule has 2 fully saturated rings. The van der Waals surface area contributed by atoms with Crippen molar-refractivity contribution < 1.29 is 4.74 Å². The highest BCUT2D eigenvalue weighted by Crippen LogP contribution is 2.38. The number of piperazine rings is 1. The Morgan fingerprint density at radius 3 is 2.47 bits per heavy atom. The molecule has 0 saturated carbocycles. The molecular weight excluding hydrogens is 188 g/mol. The van der Waals surface area contributed by atoms with Crippen LogP contribution in [-0.2, 0) is 4.74 Å². The van der Waals surface area contributed by atoms with Crippen molar-refractivity contribution >= 4 is 0 Å². The Kier molecular flexibility index (Phi) is 3.65. The van der Waals surface area contributed by atoms with Crippen molar-refractivity contribution in [1.29, 1.82) is 0 Å². The summed E-state index contributed by atoms with van der Waals surface area (Å²) in [5.74, 6) is 0. The van der Waals surface area contributed by atoms with Gasteiger partial charge in [-0.05, 0) is 13.3 Å². The van der Waals surface area contributed by atoms with E-state index in [0.29, 0.717) is 11.5 Å². The summed E-state index contributed by atoms with van der Waals surface area (Å²) in [4.78, 5) is 2.63. The first-order chi connectivity index (χ1) is 7.28. The number of nitrogens with zero attached hydrogens (tertiary/aromatic N) is 1. The summed E-state index contributed by atoms with van der Waals surface area (Å²) in [6, 6.07) is 0.688. The predicted molar refractivity (Wildman–Crippen MR) is 62.1 cm³/mol. The fraction of sp³-hybridized carbons (Fsp3) is 1.00. The molecule has 0 bridgehead atoms. The monoisotopic (exact) mass is 212 g/mol. The lowest BCUT2D eigenvalue weighted by Gasteiger charge is -2.51. The number of hydrogen-bond acceptors (Lipinski definition) is 3. The van der Waals surface area contributed by atoms with Gasteiger partial charge in [0.15, 0.2) is 0 Å². The first-order valence-corrected chi connectivity index (χ1v) is 6.31. The molecule has 15 heavy (non-hydrogen) atoms. The molecule has 0 radical (unpaired) electrons. The van der Waals surface area contributed by atoms with Crippen LogP contribution in [0.15, 0.2) is 0 Å². The third-order valence-corrected chi connectivity index (χ3v) is 4.11. The van der Waals surface area contributed by atoms with Crippen molar-refractivity contribution in [2.75, 3.05) is 39.4 Å². The van der Waals surface area contributed by atoms with Crippen LogP contribution in [0.5, 0.6) is 0 Å². The maximum atomic E-state index is 5.46. The van der Waals surface area contributed by atoms with Gasteiger partial charge in [-0.15, -0.1) is 0 Å². The van der Waals surface area contributed by atoms with Crippen LogP contribution in [0.4, 0.5) is 0 Å². The second kappa shape index (κ2) is 4.81. The van der Waals surface area contributed by atoms with E-state index in [1.807, 2.05) is 0 Å². The van der Waals surface area contributed by atoms with E-state index >= 15 is 0 Å². The lowest BCUT2D eigenvalue weighted by molar-refractivity contribution is -0.156. The van der Waals surface area contributed by atoms with Crippen molar-refractivity contribution in [3.63, 3.8) is 0 Å². The summed E-state index contributed by atoms with van der Waals surface area (Å²) in [6.45, 7) is 11.3. The minimum absolute atomic E-state index is 0.464. The molecule has 2 heterocycles. The second-order valence-corrected chi connectivity index (χ2v) is 5.07. The zero-order chi connectivity index (χ0) is 10.7. The molecule has 1 unspecified atom stereocenters. The molecule has 3 heteroatoms. The van der Waals surface area contributed by atoms with Gasteiger partial charge in [0.05, 0.1) is 13.2 Å². The van der Waals surface area contributed by atoms with Gasteiger partial charge in [-0.2, -0.15) is 0 Å². The maximum Gasteiger partial charge on any atom is 0.0559 e. The molecule has 2 aliphatic heterocycles. The van der Waals surface area contributed by atoms with Crippen LogP contribution in [0.1, 0.15) is 26.7 Å². The summed E-state index contributed by atoms with van der Waals surface area (Å²) in [5.41, 5.74) is 0.464. The smallest absolute Gasteiger partial charge is 0.0559 e. The van der Waals surface area contributed by atoms with E-state index in [2.05, 4.69) is 24.1 Å². The lowest BCUT2D eigenvalue weighted by atomic mass is 9.74. The van der Waals surface area contributed by atoms with Crippen LogP contribution in [-0.4, -0.2) is 50.3 Å². The molecule has 88 valence electrons. The van der Waals surface area contributed by atoms with Gasteiger partial charge >= 0.3 is 0 Å². The van der Waals surface area contributed by atoms with E-state index in [1.54, 1.807) is 0 Å². The highest BCUT2D eigenvalue weighted by Gasteiger charge is 2.44. The average Bonchev–Trinajstić information content (AvgIpc) is 2.24. The molecule has 0 aromatic carbocycles. The van der Waals surface area contributed by atoms with Crippen molar-refractivity contribution in [2.45, 2.75) is 32.7 Å². The SMILES string of the molecule is CCCC1(C(C)N2CCNCC2)COC1. The third kappa shape index (κ3) is 2.19. The zero-order valence-electron chi connectivity index (χ0n) is 10.1. The summed E-state index contributed by atoms with van der Waals surface area (Å²) in [5, 5.41) is 3.42. The molecule has 0 amide bonds. The van der Waals surface area contributed by atoms with Crippen molar-refractivity contribution in [3.05, 3.63) is 0 Å². The molecule has 3 nitrogen and oxygen atoms in total. The maximum absolute atomic E-state index is 5.46. The Morgan fingerprint density at radius 1 is 1.33 bits per heavy atom. The van der Waals surface area contributed by atoms with Crippen LogP contribution < -0.4 is 5.32 Å². The molecule has 1 N–H and O–H groups in total. The Bertz CT molecular complexity index is 198. The first-order valence-electron chi connectivity index (χ1n) is 6.31. The van der Waals surface area contributed by atoms with Crippen LogP contribution in [0.3, 0.4) is 0 Å². The average molecular weight is 212 g/mol. The van der Waals surface area contributed by atoms with Crippen LogP contribution in [0, 0.1) is 5.41 Å². The summed E-state index contributed by atoms with van der Waals surface area (Å²) >= 11 is 0. The quantitative estimate of drug-likeness (QED) is 0.755. The molecule has 0 aromatic rings. The summed E-state index contributed by atoms with van der Waals surface area (Å²) in [7, 11) is 0. The number of nitrogens with one attached hydrogen (secondary N) is 1. The fourth-order valence-electron chi connectivity index (χ4n) is 2.91. The predicted octanol–water partition coefficient (Wildman–Crippen LogP) is 1.10. The van der Waals surface area contributed by atoms with Gasteiger partial charge in [-0.3, -0.25) is 4.90 Å². The molecule has 0 spiro atoms. The van der Waals surface area contributed by atoms with Gasteiger partial charge in [0.1, 0.15) is 0 Å². The van der Waals surface area contributed by atoms with Gasteiger partial charge in [-0.1, -0.05) is 13.3 Å². The number of rotatable bonds is 4. The first kappa shape index (κ1) is 11.4. The molecule has 2 saturated heterocycles. The number of ether oxygens (including phenoxy) is 1. The molecule has 0 aliphatic carbocycles. The normalized spacial score (nSPS) is 28.4. The second-order valence-electron chi connectivity index (χ2n) is 5.07. The Hall–Kier alpha value is -0.120. The van der Waals surface area contributed by atoms with Crippen LogP contribution in [0.2, 0.25) is 0 Å². The minimum Gasteiger partial charge on any atom is -0.380 e. The van der Waals surface area contributed by atoms with E-state index in [1.165, 1.54) is 25.9 Å². The molecule has 0 aromatic heterocycles. The highest BCUT2D eigenvalue weighted by atomic mass is 16.5. The third-order valence-electron chi connectivity index (χ3n) is 4.11. The standard InChI is InChI=1S/C12H24N2O/c1-3-4-12(9-15-10-12)11(2)14-7-5-13-6-8-14/h11,13H,3-10H2,1-2H3. The van der Waals surface area contributed by atoms with Crippen molar-refractivity contribution in [2.24, 2.45) is 5.41 Å². The summed E-state index contributed by atoms with van der Waals surface area (Å²) < 4.78 is 5.46. The van der Waals surface area contributed by atoms with Gasteiger partial charge < -0.3 is 10.1 Å². The molecule has 1 atom stereocenters. The van der Waals surface area contributed by atoms with Gasteiger partial charge in [-0.25, -0.2) is 0 Å². The topological polar surface area (TPSA) is 24.5 Å². The fourth-order valence-corrected chi connectivity index (χ4v) is 2.91. The van der Waals surface area contributed by atoms with Gasteiger partial charge in [0.2, 0.25) is 0 Å². The summed E-state index contributed by atoms with van der Waals surface area (Å²) in [6.07, 6.45) is 2.60. The van der Waals surface area contributed by atoms with E-state index in [-0.39, 0.29) is 0 Å². The molecular formula is C12H24N2O. The molecule has 2 rings (SSSR count). The van der Waals surface area contributed by atoms with E-state index in [0.717, 1.165) is 26.3 Å².